The Labute approximate surface area is 154 Å². The summed E-state index contributed by atoms with van der Waals surface area (Å²) < 4.78 is 0. The second-order valence-electron chi connectivity index (χ2n) is 5.68. The Morgan fingerprint density at radius 2 is 2.00 bits per heavy atom. The standard InChI is InChI=1S/C17H14ClN5O3/c18-13-3-4-14(15(10-13)23(25)26)17(24)22-8-6-21(7-9-22)16-12(11-19)2-1-5-20-16/h1-5,10H,6-9H2. The van der Waals surface area contributed by atoms with Crippen LogP contribution in [0.3, 0.4) is 0 Å². The molecule has 0 unspecified atom stereocenters. The summed E-state index contributed by atoms with van der Waals surface area (Å²) in [5, 5.41) is 20.6. The molecule has 1 aliphatic heterocycles. The summed E-state index contributed by atoms with van der Waals surface area (Å²) in [5.41, 5.74) is 0.186. The maximum absolute atomic E-state index is 12.7. The third kappa shape index (κ3) is 3.43. The first kappa shape index (κ1) is 17.6. The Bertz CT molecular complexity index is 904. The molecule has 0 bridgehead atoms. The lowest BCUT2D eigenvalue weighted by atomic mass is 10.1. The number of hydrogen-bond donors (Lipinski definition) is 0. The van der Waals surface area contributed by atoms with E-state index in [4.69, 9.17) is 11.6 Å². The van der Waals surface area contributed by atoms with Gasteiger partial charge >= 0.3 is 0 Å². The van der Waals surface area contributed by atoms with Gasteiger partial charge in [-0.3, -0.25) is 14.9 Å². The molecule has 3 rings (SSSR count). The molecule has 1 fully saturated rings. The summed E-state index contributed by atoms with van der Waals surface area (Å²) in [6, 6.07) is 9.51. The highest BCUT2D eigenvalue weighted by Gasteiger charge is 2.28. The lowest BCUT2D eigenvalue weighted by molar-refractivity contribution is -0.385. The van der Waals surface area contributed by atoms with Gasteiger partial charge in [-0.15, -0.1) is 0 Å². The van der Waals surface area contributed by atoms with Crippen molar-refractivity contribution in [3.05, 3.63) is 62.8 Å². The van der Waals surface area contributed by atoms with E-state index in [1.165, 1.54) is 18.2 Å². The lowest BCUT2D eigenvalue weighted by Crippen LogP contribution is -2.49. The third-order valence-corrected chi connectivity index (χ3v) is 4.40. The number of carbonyl (C=O) groups is 1. The van der Waals surface area contributed by atoms with Crippen LogP contribution in [0.2, 0.25) is 5.02 Å². The third-order valence-electron chi connectivity index (χ3n) is 4.16. The summed E-state index contributed by atoms with van der Waals surface area (Å²) in [5.74, 6) is 0.175. The van der Waals surface area contributed by atoms with Gasteiger partial charge in [-0.25, -0.2) is 4.98 Å². The van der Waals surface area contributed by atoms with Crippen molar-refractivity contribution in [2.24, 2.45) is 0 Å². The molecule has 1 amide bonds. The fourth-order valence-electron chi connectivity index (χ4n) is 2.86. The Morgan fingerprint density at radius 3 is 2.65 bits per heavy atom. The van der Waals surface area contributed by atoms with E-state index in [9.17, 15) is 20.2 Å². The van der Waals surface area contributed by atoms with Crippen LogP contribution in [0.5, 0.6) is 0 Å². The molecule has 2 aromatic rings. The van der Waals surface area contributed by atoms with E-state index in [2.05, 4.69) is 11.1 Å². The van der Waals surface area contributed by atoms with E-state index in [0.29, 0.717) is 37.6 Å². The number of rotatable bonds is 3. The Balaban J connectivity index is 1.76. The van der Waals surface area contributed by atoms with Gasteiger partial charge < -0.3 is 9.80 Å². The topological polar surface area (TPSA) is 103 Å². The highest BCUT2D eigenvalue weighted by Crippen LogP contribution is 2.25. The van der Waals surface area contributed by atoms with Gasteiger partial charge in [-0.1, -0.05) is 11.6 Å². The first-order valence-corrected chi connectivity index (χ1v) is 8.22. The van der Waals surface area contributed by atoms with Crippen molar-refractivity contribution in [1.82, 2.24) is 9.88 Å². The molecule has 8 nitrogen and oxygen atoms in total. The number of aromatic nitrogens is 1. The van der Waals surface area contributed by atoms with E-state index >= 15 is 0 Å². The van der Waals surface area contributed by atoms with Gasteiger partial charge in [0.05, 0.1) is 10.5 Å². The number of nitriles is 1. The molecule has 0 N–H and O–H groups in total. The molecule has 0 radical (unpaired) electrons. The molecule has 9 heteroatoms. The number of pyridine rings is 1. The normalized spacial score (nSPS) is 14.0. The average molecular weight is 372 g/mol. The van der Waals surface area contributed by atoms with Crippen molar-refractivity contribution < 1.29 is 9.72 Å². The highest BCUT2D eigenvalue weighted by molar-refractivity contribution is 6.31. The Hall–Kier alpha value is -3.18. The molecule has 0 atom stereocenters. The number of nitro groups is 1. The first-order chi connectivity index (χ1) is 12.5. The molecule has 0 saturated carbocycles. The molecule has 1 aromatic carbocycles. The van der Waals surface area contributed by atoms with Crippen molar-refractivity contribution in [2.45, 2.75) is 0 Å². The zero-order chi connectivity index (χ0) is 18.7. The maximum Gasteiger partial charge on any atom is 0.283 e. The van der Waals surface area contributed by atoms with Crippen molar-refractivity contribution >= 4 is 29.0 Å². The summed E-state index contributed by atoms with van der Waals surface area (Å²) in [6.45, 7) is 1.72. The molecular weight excluding hydrogens is 358 g/mol. The van der Waals surface area contributed by atoms with Crippen LogP contribution in [0.1, 0.15) is 15.9 Å². The molecule has 2 heterocycles. The monoisotopic (exact) mass is 371 g/mol. The molecular formula is C17H14ClN5O3. The number of nitrogens with zero attached hydrogens (tertiary/aromatic N) is 5. The Morgan fingerprint density at radius 1 is 1.27 bits per heavy atom. The molecule has 132 valence electrons. The molecule has 0 spiro atoms. The average Bonchev–Trinajstić information content (AvgIpc) is 2.67. The highest BCUT2D eigenvalue weighted by atomic mass is 35.5. The Kier molecular flexibility index (Phi) is 5.00. The van der Waals surface area contributed by atoms with Crippen LogP contribution >= 0.6 is 11.6 Å². The van der Waals surface area contributed by atoms with Crippen molar-refractivity contribution in [3.63, 3.8) is 0 Å². The number of carbonyl (C=O) groups excluding carboxylic acids is 1. The van der Waals surface area contributed by atoms with Gasteiger partial charge in [0.1, 0.15) is 17.5 Å². The summed E-state index contributed by atoms with van der Waals surface area (Å²) in [6.07, 6.45) is 1.62. The van der Waals surface area contributed by atoms with Crippen molar-refractivity contribution in [2.75, 3.05) is 31.1 Å². The lowest BCUT2D eigenvalue weighted by Gasteiger charge is -2.35. The quantitative estimate of drug-likeness (QED) is 0.606. The minimum Gasteiger partial charge on any atom is -0.352 e. The van der Waals surface area contributed by atoms with E-state index in [-0.39, 0.29) is 16.3 Å². The van der Waals surface area contributed by atoms with Crippen molar-refractivity contribution in [3.8, 4) is 6.07 Å². The minimum absolute atomic E-state index is 0.0170. The largest absolute Gasteiger partial charge is 0.352 e. The minimum atomic E-state index is -0.609. The number of anilines is 1. The van der Waals surface area contributed by atoms with Crippen LogP contribution in [-0.2, 0) is 0 Å². The molecule has 1 aliphatic rings. The fourth-order valence-corrected chi connectivity index (χ4v) is 3.03. The van der Waals surface area contributed by atoms with Gasteiger partial charge in [-0.2, -0.15) is 5.26 Å². The van der Waals surface area contributed by atoms with Gasteiger partial charge in [0.25, 0.3) is 11.6 Å². The van der Waals surface area contributed by atoms with Gasteiger partial charge in [0.15, 0.2) is 0 Å². The number of nitro benzene ring substituents is 1. The molecule has 0 aliphatic carbocycles. The summed E-state index contributed by atoms with van der Waals surface area (Å²) >= 11 is 5.80. The van der Waals surface area contributed by atoms with E-state index in [1.807, 2.05) is 4.90 Å². The van der Waals surface area contributed by atoms with Crippen LogP contribution in [-0.4, -0.2) is 46.9 Å². The summed E-state index contributed by atoms with van der Waals surface area (Å²) in [7, 11) is 0. The zero-order valence-corrected chi connectivity index (χ0v) is 14.4. The van der Waals surface area contributed by atoms with Gasteiger partial charge in [0.2, 0.25) is 0 Å². The number of piperazine rings is 1. The number of hydrogen-bond acceptors (Lipinski definition) is 6. The van der Waals surface area contributed by atoms with E-state index in [1.54, 1.807) is 23.2 Å². The SMILES string of the molecule is N#Cc1cccnc1N1CCN(C(=O)c2ccc(Cl)cc2[N+](=O)[O-])CC1. The number of halogens is 1. The predicted molar refractivity (Wildman–Crippen MR) is 95.2 cm³/mol. The second kappa shape index (κ2) is 7.37. The second-order valence-corrected chi connectivity index (χ2v) is 6.12. The van der Waals surface area contributed by atoms with Crippen molar-refractivity contribution in [1.29, 1.82) is 5.26 Å². The molecule has 1 aromatic heterocycles. The van der Waals surface area contributed by atoms with E-state index < -0.39 is 10.8 Å². The smallest absolute Gasteiger partial charge is 0.283 e. The molecule has 1 saturated heterocycles. The number of benzene rings is 1. The maximum atomic E-state index is 12.7. The predicted octanol–water partition coefficient (Wildman–Crippen LogP) is 2.48. The van der Waals surface area contributed by atoms with Crippen LogP contribution in [0.4, 0.5) is 11.5 Å². The van der Waals surface area contributed by atoms with Gasteiger partial charge in [-0.05, 0) is 24.3 Å². The summed E-state index contributed by atoms with van der Waals surface area (Å²) in [4.78, 5) is 31.0. The van der Waals surface area contributed by atoms with Crippen LogP contribution in [0, 0.1) is 21.4 Å². The van der Waals surface area contributed by atoms with Crippen LogP contribution < -0.4 is 4.90 Å². The van der Waals surface area contributed by atoms with Crippen LogP contribution in [0.25, 0.3) is 0 Å². The van der Waals surface area contributed by atoms with E-state index in [0.717, 1.165) is 0 Å². The first-order valence-electron chi connectivity index (χ1n) is 7.84. The number of amides is 1. The zero-order valence-electron chi connectivity index (χ0n) is 13.6. The molecule has 26 heavy (non-hydrogen) atoms. The fraction of sp³-hybridized carbons (Fsp3) is 0.235. The van der Waals surface area contributed by atoms with Gasteiger partial charge in [0, 0.05) is 43.5 Å². The van der Waals surface area contributed by atoms with Crippen LogP contribution in [0.15, 0.2) is 36.5 Å².